The van der Waals surface area contributed by atoms with Gasteiger partial charge >= 0.3 is 0 Å². The van der Waals surface area contributed by atoms with Gasteiger partial charge in [0.15, 0.2) is 5.96 Å². The van der Waals surface area contributed by atoms with Crippen LogP contribution in [-0.4, -0.2) is 68.9 Å². The summed E-state index contributed by atoms with van der Waals surface area (Å²) < 4.78 is 10.9. The number of methoxy groups -OCH3 is 1. The van der Waals surface area contributed by atoms with E-state index < -0.39 is 0 Å². The van der Waals surface area contributed by atoms with Crippen molar-refractivity contribution in [2.24, 2.45) is 4.99 Å². The Hall–Kier alpha value is -2.16. The van der Waals surface area contributed by atoms with Gasteiger partial charge in [0.05, 0.1) is 37.9 Å². The van der Waals surface area contributed by atoms with Crippen LogP contribution in [0.5, 0.6) is 5.75 Å². The second kappa shape index (κ2) is 12.6. The van der Waals surface area contributed by atoms with Crippen molar-refractivity contribution in [3.63, 3.8) is 0 Å². The molecule has 1 atom stereocenters. The maximum atomic E-state index is 5.56. The lowest BCUT2D eigenvalue weighted by Crippen LogP contribution is -2.42. The number of aliphatic imine (C=N–C) groups is 1. The van der Waals surface area contributed by atoms with Crippen molar-refractivity contribution in [3.05, 3.63) is 45.9 Å². The molecule has 170 valence electrons. The quantitative estimate of drug-likeness (QED) is 0.433. The van der Waals surface area contributed by atoms with Crippen LogP contribution in [0.15, 0.2) is 35.5 Å². The number of morpholine rings is 1. The van der Waals surface area contributed by atoms with Gasteiger partial charge in [-0.05, 0) is 31.0 Å². The minimum Gasteiger partial charge on any atom is -0.497 e. The maximum Gasteiger partial charge on any atom is 0.191 e. The normalized spacial score (nSPS) is 16.2. The third kappa shape index (κ3) is 7.19. The Morgan fingerprint density at radius 2 is 2.00 bits per heavy atom. The van der Waals surface area contributed by atoms with Crippen molar-refractivity contribution < 1.29 is 9.47 Å². The van der Waals surface area contributed by atoms with Crippen molar-refractivity contribution >= 4 is 17.3 Å². The van der Waals surface area contributed by atoms with Gasteiger partial charge in [0.25, 0.3) is 0 Å². The lowest BCUT2D eigenvalue weighted by Gasteiger charge is -2.34. The molecule has 3 rings (SSSR count). The maximum absolute atomic E-state index is 5.56. The third-order valence-electron chi connectivity index (χ3n) is 5.33. The zero-order chi connectivity index (χ0) is 21.9. The zero-order valence-corrected chi connectivity index (χ0v) is 19.7. The predicted octanol–water partition coefficient (Wildman–Crippen LogP) is 2.89. The number of aryl methyl sites for hydroxylation is 1. The molecule has 2 N–H and O–H groups in total. The van der Waals surface area contributed by atoms with E-state index in [1.165, 1.54) is 15.4 Å². The Labute approximate surface area is 189 Å². The molecule has 7 nitrogen and oxygen atoms in total. The number of nitrogens with zero attached hydrogens (tertiary/aromatic N) is 3. The largest absolute Gasteiger partial charge is 0.497 e. The second-order valence-electron chi connectivity index (χ2n) is 7.41. The lowest BCUT2D eigenvalue weighted by molar-refractivity contribution is 0.0179. The predicted molar refractivity (Wildman–Crippen MR) is 127 cm³/mol. The molecule has 1 fully saturated rings. The number of benzene rings is 1. The van der Waals surface area contributed by atoms with Gasteiger partial charge < -0.3 is 20.1 Å². The van der Waals surface area contributed by atoms with Gasteiger partial charge in [-0.15, -0.1) is 11.3 Å². The van der Waals surface area contributed by atoms with Crippen LogP contribution in [-0.2, 0) is 17.6 Å². The Kier molecular flexibility index (Phi) is 9.58. The SMILES string of the molecule is CCNC(=NCC(c1ccc(OC)cc1)N1CCOCC1)NCCc1ncc(CC)s1. The number of ether oxygens (including phenoxy) is 2. The summed E-state index contributed by atoms with van der Waals surface area (Å²) in [5.74, 6) is 1.72. The average molecular weight is 446 g/mol. The van der Waals surface area contributed by atoms with E-state index >= 15 is 0 Å². The molecule has 0 radical (unpaired) electrons. The van der Waals surface area contributed by atoms with E-state index in [9.17, 15) is 0 Å². The van der Waals surface area contributed by atoms with E-state index in [1.807, 2.05) is 18.3 Å². The zero-order valence-electron chi connectivity index (χ0n) is 18.9. The fourth-order valence-electron chi connectivity index (χ4n) is 3.58. The highest BCUT2D eigenvalue weighted by Gasteiger charge is 2.22. The van der Waals surface area contributed by atoms with Gasteiger partial charge in [0, 0.05) is 43.7 Å². The molecule has 1 saturated heterocycles. The van der Waals surface area contributed by atoms with Crippen LogP contribution in [0.2, 0.25) is 0 Å². The van der Waals surface area contributed by atoms with E-state index in [-0.39, 0.29) is 6.04 Å². The van der Waals surface area contributed by atoms with Crippen LogP contribution in [0.25, 0.3) is 0 Å². The third-order valence-corrected chi connectivity index (χ3v) is 6.54. The minimum absolute atomic E-state index is 0.205. The van der Waals surface area contributed by atoms with Crippen LogP contribution in [0.1, 0.15) is 35.3 Å². The number of hydrogen-bond donors (Lipinski definition) is 2. The molecule has 0 saturated carbocycles. The van der Waals surface area contributed by atoms with Gasteiger partial charge in [-0.1, -0.05) is 19.1 Å². The smallest absolute Gasteiger partial charge is 0.191 e. The molecule has 0 amide bonds. The van der Waals surface area contributed by atoms with Crippen molar-refractivity contribution in [1.82, 2.24) is 20.5 Å². The van der Waals surface area contributed by atoms with Crippen molar-refractivity contribution in [1.29, 1.82) is 0 Å². The monoisotopic (exact) mass is 445 g/mol. The van der Waals surface area contributed by atoms with E-state index in [1.54, 1.807) is 18.4 Å². The highest BCUT2D eigenvalue weighted by molar-refractivity contribution is 7.11. The Bertz CT molecular complexity index is 803. The molecule has 1 aliphatic heterocycles. The lowest BCUT2D eigenvalue weighted by atomic mass is 10.0. The molecule has 31 heavy (non-hydrogen) atoms. The minimum atomic E-state index is 0.205. The first-order valence-corrected chi connectivity index (χ1v) is 12.0. The summed E-state index contributed by atoms with van der Waals surface area (Å²) in [6, 6.07) is 8.53. The molecular formula is C23H35N5O2S. The van der Waals surface area contributed by atoms with Gasteiger partial charge in [0.1, 0.15) is 5.75 Å². The molecule has 8 heteroatoms. The number of guanidine groups is 1. The van der Waals surface area contributed by atoms with Gasteiger partial charge in [-0.25, -0.2) is 4.98 Å². The van der Waals surface area contributed by atoms with Crippen molar-refractivity contribution in [2.45, 2.75) is 32.7 Å². The molecular weight excluding hydrogens is 410 g/mol. The summed E-state index contributed by atoms with van der Waals surface area (Å²) >= 11 is 1.80. The first-order valence-electron chi connectivity index (χ1n) is 11.1. The standard InChI is InChI=1S/C23H35N5O2S/c1-4-20-16-26-22(31-20)10-11-25-23(24-5-2)27-17-21(28-12-14-30-15-13-28)18-6-8-19(29-3)9-7-18/h6-9,16,21H,4-5,10-15,17H2,1-3H3,(H2,24,25,27). The molecule has 0 bridgehead atoms. The van der Waals surface area contributed by atoms with Crippen LogP contribution < -0.4 is 15.4 Å². The van der Waals surface area contributed by atoms with Crippen LogP contribution in [0.3, 0.4) is 0 Å². The van der Waals surface area contributed by atoms with E-state index in [0.717, 1.165) is 63.9 Å². The first kappa shape index (κ1) is 23.5. The summed E-state index contributed by atoms with van der Waals surface area (Å²) in [6.45, 7) is 9.94. The number of rotatable bonds is 10. The fourth-order valence-corrected chi connectivity index (χ4v) is 4.44. The number of thiazole rings is 1. The topological polar surface area (TPSA) is 71.0 Å². The highest BCUT2D eigenvalue weighted by Crippen LogP contribution is 2.24. The van der Waals surface area contributed by atoms with Gasteiger partial charge in [0.2, 0.25) is 0 Å². The Morgan fingerprint density at radius 3 is 2.65 bits per heavy atom. The Morgan fingerprint density at radius 1 is 1.23 bits per heavy atom. The molecule has 1 aliphatic rings. The van der Waals surface area contributed by atoms with Crippen LogP contribution in [0.4, 0.5) is 0 Å². The van der Waals surface area contributed by atoms with Gasteiger partial charge in [-0.3, -0.25) is 9.89 Å². The Balaban J connectivity index is 1.65. The van der Waals surface area contributed by atoms with E-state index in [0.29, 0.717) is 6.54 Å². The average Bonchev–Trinajstić information content (AvgIpc) is 3.28. The summed E-state index contributed by atoms with van der Waals surface area (Å²) in [5.41, 5.74) is 1.25. The summed E-state index contributed by atoms with van der Waals surface area (Å²) in [7, 11) is 1.70. The van der Waals surface area contributed by atoms with Crippen LogP contribution >= 0.6 is 11.3 Å². The molecule has 1 aromatic heterocycles. The summed E-state index contributed by atoms with van der Waals surface area (Å²) in [4.78, 5) is 13.2. The highest BCUT2D eigenvalue weighted by atomic mass is 32.1. The van der Waals surface area contributed by atoms with Gasteiger partial charge in [-0.2, -0.15) is 0 Å². The second-order valence-corrected chi connectivity index (χ2v) is 8.61. The number of nitrogens with one attached hydrogen (secondary N) is 2. The fraction of sp³-hybridized carbons (Fsp3) is 0.565. The van der Waals surface area contributed by atoms with Crippen molar-refractivity contribution in [3.8, 4) is 5.75 Å². The molecule has 0 spiro atoms. The summed E-state index contributed by atoms with van der Waals surface area (Å²) in [5, 5.41) is 8.01. The molecule has 1 unspecified atom stereocenters. The molecule has 1 aromatic carbocycles. The first-order chi connectivity index (χ1) is 15.2. The number of hydrogen-bond acceptors (Lipinski definition) is 6. The molecule has 2 aromatic rings. The number of aromatic nitrogens is 1. The van der Waals surface area contributed by atoms with E-state index in [4.69, 9.17) is 14.5 Å². The molecule has 0 aliphatic carbocycles. The molecule has 2 heterocycles. The van der Waals surface area contributed by atoms with Crippen LogP contribution in [0, 0.1) is 0 Å². The van der Waals surface area contributed by atoms with E-state index in [2.05, 4.69) is 46.5 Å². The van der Waals surface area contributed by atoms with Crippen molar-refractivity contribution in [2.75, 3.05) is 53.0 Å². The summed E-state index contributed by atoms with van der Waals surface area (Å²) in [6.07, 6.45) is 3.94.